The van der Waals surface area contributed by atoms with Gasteiger partial charge in [-0.2, -0.15) is 5.10 Å². The van der Waals surface area contributed by atoms with Crippen molar-refractivity contribution in [2.75, 3.05) is 29.9 Å². The number of nitrogens with zero attached hydrogens (tertiary/aromatic N) is 6. The fourth-order valence-corrected chi connectivity index (χ4v) is 3.01. The third-order valence-electron chi connectivity index (χ3n) is 4.55. The molecule has 10 heteroatoms. The molecule has 2 aromatic heterocycles. The topological polar surface area (TPSA) is 115 Å². The predicted octanol–water partition coefficient (Wildman–Crippen LogP) is 1.31. The Balaban J connectivity index is 1.39. The molecule has 0 spiro atoms. The first-order valence-corrected chi connectivity index (χ1v) is 9.14. The number of hydrogen-bond donors (Lipinski definition) is 1. The molecule has 0 saturated carbocycles. The number of para-hydroxylation sites is 1. The average molecular weight is 393 g/mol. The molecule has 0 bridgehead atoms. The molecule has 1 amide bonds. The second-order valence-electron chi connectivity index (χ2n) is 6.43. The number of rotatable bonds is 6. The minimum atomic E-state index is -0.458. The van der Waals surface area contributed by atoms with Crippen molar-refractivity contribution in [2.24, 2.45) is 5.92 Å². The van der Waals surface area contributed by atoms with Crippen LogP contribution in [0.15, 0.2) is 49.3 Å². The van der Waals surface area contributed by atoms with E-state index in [1.54, 1.807) is 48.3 Å². The van der Waals surface area contributed by atoms with Gasteiger partial charge < -0.3 is 15.0 Å². The molecule has 1 aliphatic heterocycles. The van der Waals surface area contributed by atoms with E-state index < -0.39 is 5.97 Å². The number of ether oxygens (including phenoxy) is 1. The third-order valence-corrected chi connectivity index (χ3v) is 4.55. The zero-order valence-corrected chi connectivity index (χ0v) is 15.7. The molecule has 1 aliphatic rings. The molecule has 1 aromatic carbocycles. The van der Waals surface area contributed by atoms with E-state index in [9.17, 15) is 9.59 Å². The van der Waals surface area contributed by atoms with E-state index in [0.29, 0.717) is 36.0 Å². The van der Waals surface area contributed by atoms with Gasteiger partial charge in [0, 0.05) is 19.2 Å². The highest BCUT2D eigenvalue weighted by Crippen LogP contribution is 2.25. The number of amides is 1. The molecule has 3 aromatic rings. The number of hydrogen-bond acceptors (Lipinski definition) is 8. The molecule has 1 N–H and O–H groups in total. The molecule has 0 atom stereocenters. The average Bonchev–Trinajstić information content (AvgIpc) is 3.22. The zero-order chi connectivity index (χ0) is 20.2. The van der Waals surface area contributed by atoms with Crippen LogP contribution < -0.4 is 10.2 Å². The molecule has 0 radical (unpaired) electrons. The van der Waals surface area contributed by atoms with Crippen molar-refractivity contribution >= 4 is 23.4 Å². The number of aromatic nitrogens is 5. The molecule has 10 nitrogen and oxygen atoms in total. The maximum atomic E-state index is 12.6. The second kappa shape index (κ2) is 8.05. The summed E-state index contributed by atoms with van der Waals surface area (Å²) in [6.45, 7) is 3.04. The summed E-state index contributed by atoms with van der Waals surface area (Å²) in [5.74, 6) is 0.490. The first-order chi connectivity index (χ1) is 14.2. The zero-order valence-electron chi connectivity index (χ0n) is 15.7. The van der Waals surface area contributed by atoms with Gasteiger partial charge in [-0.1, -0.05) is 12.1 Å². The highest BCUT2D eigenvalue weighted by Gasteiger charge is 2.34. The summed E-state index contributed by atoms with van der Waals surface area (Å²) in [4.78, 5) is 39.0. The van der Waals surface area contributed by atoms with Crippen LogP contribution in [0.25, 0.3) is 5.82 Å². The highest BCUT2D eigenvalue weighted by atomic mass is 16.5. The van der Waals surface area contributed by atoms with Gasteiger partial charge in [-0.05, 0) is 19.1 Å². The summed E-state index contributed by atoms with van der Waals surface area (Å²) in [6, 6.07) is 8.61. The van der Waals surface area contributed by atoms with Crippen LogP contribution in [-0.4, -0.2) is 56.3 Å². The maximum Gasteiger partial charge on any atom is 0.340 e. The first-order valence-electron chi connectivity index (χ1n) is 9.14. The molecule has 4 rings (SSSR count). The van der Waals surface area contributed by atoms with Crippen LogP contribution >= 0.6 is 0 Å². The lowest BCUT2D eigenvalue weighted by Gasteiger charge is -2.39. The van der Waals surface area contributed by atoms with Crippen molar-refractivity contribution in [3.05, 3.63) is 54.9 Å². The fourth-order valence-electron chi connectivity index (χ4n) is 3.01. The van der Waals surface area contributed by atoms with E-state index >= 15 is 0 Å². The van der Waals surface area contributed by atoms with Gasteiger partial charge in [0.25, 0.3) is 0 Å². The normalized spacial score (nSPS) is 13.6. The lowest BCUT2D eigenvalue weighted by Crippen LogP contribution is -2.52. The van der Waals surface area contributed by atoms with Crippen molar-refractivity contribution in [2.45, 2.75) is 6.92 Å². The molecule has 0 unspecified atom stereocenters. The smallest absolute Gasteiger partial charge is 0.340 e. The molecule has 3 heterocycles. The van der Waals surface area contributed by atoms with E-state index in [-0.39, 0.29) is 18.4 Å². The Hall–Kier alpha value is -3.82. The standard InChI is InChI=1S/C19H19N7O3/c1-2-29-19(28)14-5-3-4-6-15(14)24-18(27)13-8-25(9-13)16-7-17(22-11-21-16)26-12-20-10-23-26/h3-7,10-13H,2,8-9H2,1H3,(H,24,27). The highest BCUT2D eigenvalue weighted by molar-refractivity contribution is 6.02. The van der Waals surface area contributed by atoms with Crippen LogP contribution in [0.1, 0.15) is 17.3 Å². The van der Waals surface area contributed by atoms with E-state index in [0.717, 1.165) is 0 Å². The summed E-state index contributed by atoms with van der Waals surface area (Å²) in [5, 5.41) is 6.89. The monoisotopic (exact) mass is 393 g/mol. The Morgan fingerprint density at radius 3 is 2.72 bits per heavy atom. The van der Waals surface area contributed by atoms with Gasteiger partial charge in [0.05, 0.1) is 23.8 Å². The van der Waals surface area contributed by atoms with E-state index in [1.165, 1.54) is 12.7 Å². The van der Waals surface area contributed by atoms with E-state index in [1.807, 2.05) is 4.90 Å². The minimum Gasteiger partial charge on any atom is -0.462 e. The Kier molecular flexibility index (Phi) is 5.14. The van der Waals surface area contributed by atoms with Crippen LogP contribution in [0.5, 0.6) is 0 Å². The van der Waals surface area contributed by atoms with Crippen molar-refractivity contribution < 1.29 is 14.3 Å². The lowest BCUT2D eigenvalue weighted by atomic mass is 9.98. The first kappa shape index (κ1) is 18.5. The Morgan fingerprint density at radius 2 is 1.97 bits per heavy atom. The molecule has 29 heavy (non-hydrogen) atoms. The summed E-state index contributed by atoms with van der Waals surface area (Å²) in [5.41, 5.74) is 0.789. The molecular weight excluding hydrogens is 374 g/mol. The number of carbonyl (C=O) groups is 2. The van der Waals surface area contributed by atoms with Gasteiger partial charge in [-0.3, -0.25) is 4.79 Å². The molecular formula is C19H19N7O3. The van der Waals surface area contributed by atoms with Gasteiger partial charge >= 0.3 is 5.97 Å². The van der Waals surface area contributed by atoms with Gasteiger partial charge in [-0.25, -0.2) is 24.4 Å². The van der Waals surface area contributed by atoms with Crippen molar-refractivity contribution in [1.82, 2.24) is 24.7 Å². The van der Waals surface area contributed by atoms with Gasteiger partial charge in [0.1, 0.15) is 24.8 Å². The van der Waals surface area contributed by atoms with Crippen molar-refractivity contribution in [3.8, 4) is 5.82 Å². The van der Waals surface area contributed by atoms with E-state index in [2.05, 4.69) is 25.4 Å². The van der Waals surface area contributed by atoms with Crippen LogP contribution in [0.4, 0.5) is 11.5 Å². The quantitative estimate of drug-likeness (QED) is 0.623. The van der Waals surface area contributed by atoms with E-state index in [4.69, 9.17) is 4.74 Å². The lowest BCUT2D eigenvalue weighted by molar-refractivity contribution is -0.120. The second-order valence-corrected chi connectivity index (χ2v) is 6.43. The van der Waals surface area contributed by atoms with Gasteiger partial charge in [0.2, 0.25) is 5.91 Å². The molecule has 1 fully saturated rings. The number of esters is 1. The number of carbonyl (C=O) groups excluding carboxylic acids is 2. The Morgan fingerprint density at radius 1 is 1.17 bits per heavy atom. The number of nitrogens with one attached hydrogen (secondary N) is 1. The van der Waals surface area contributed by atoms with Crippen LogP contribution in [0.3, 0.4) is 0 Å². The Bertz CT molecular complexity index is 1020. The predicted molar refractivity (Wildman–Crippen MR) is 104 cm³/mol. The summed E-state index contributed by atoms with van der Waals surface area (Å²) < 4.78 is 6.59. The van der Waals surface area contributed by atoms with Crippen LogP contribution in [0, 0.1) is 5.92 Å². The molecule has 0 aliphatic carbocycles. The number of benzene rings is 1. The Labute approximate surface area is 166 Å². The molecule has 1 saturated heterocycles. The van der Waals surface area contributed by atoms with Crippen LogP contribution in [0.2, 0.25) is 0 Å². The molecule has 148 valence electrons. The maximum absolute atomic E-state index is 12.6. The minimum absolute atomic E-state index is 0.149. The number of anilines is 2. The van der Waals surface area contributed by atoms with Gasteiger partial charge in [0.15, 0.2) is 5.82 Å². The van der Waals surface area contributed by atoms with Crippen LogP contribution in [-0.2, 0) is 9.53 Å². The van der Waals surface area contributed by atoms with Crippen molar-refractivity contribution in [3.63, 3.8) is 0 Å². The summed E-state index contributed by atoms with van der Waals surface area (Å²) >= 11 is 0. The van der Waals surface area contributed by atoms with Crippen molar-refractivity contribution in [1.29, 1.82) is 0 Å². The summed E-state index contributed by atoms with van der Waals surface area (Å²) in [6.07, 6.45) is 4.44. The van der Waals surface area contributed by atoms with Gasteiger partial charge in [-0.15, -0.1) is 0 Å². The third kappa shape index (κ3) is 3.91. The fraction of sp³-hybridized carbons (Fsp3) is 0.263. The summed E-state index contributed by atoms with van der Waals surface area (Å²) in [7, 11) is 0. The SMILES string of the molecule is CCOC(=O)c1ccccc1NC(=O)C1CN(c2cc(-n3cncn3)ncn2)C1. The largest absolute Gasteiger partial charge is 0.462 e.